The summed E-state index contributed by atoms with van der Waals surface area (Å²) in [7, 11) is 1.76. The number of aromatic nitrogens is 4. The van der Waals surface area contributed by atoms with Crippen LogP contribution in [0.1, 0.15) is 75.5 Å². The standard InChI is InChI=1S/C33H41F6N7O.CH2O3/c1-4-28-14-29(21-46(28)31(47)44(5-2)18-22-9-7-6-8-10-22)45(30-40-15-24(16-41-30)25-17-42-43(3)20-25)19-23-11-26(32(34,35)36)13-27(12-23)33(37,38)39;2-1(3)4/h11-13,15-17,20,22,28-29H,4-10,14,18-19,21H2,1-3H3;(H2,2,3,4)/t28-,29+;/m1./s1. The van der Waals surface area contributed by atoms with Crippen molar-refractivity contribution in [2.45, 2.75) is 89.8 Å². The molecule has 0 spiro atoms. The van der Waals surface area contributed by atoms with Gasteiger partial charge in [-0.05, 0) is 62.3 Å². The van der Waals surface area contributed by atoms with Gasteiger partial charge >= 0.3 is 24.5 Å². The highest BCUT2D eigenvalue weighted by molar-refractivity contribution is 5.75. The maximum atomic E-state index is 13.9. The summed E-state index contributed by atoms with van der Waals surface area (Å²) in [4.78, 5) is 36.8. The molecule has 1 aromatic carbocycles. The minimum atomic E-state index is -4.98. The van der Waals surface area contributed by atoms with Crippen molar-refractivity contribution in [1.29, 1.82) is 0 Å². The average molecular weight is 728 g/mol. The molecule has 2 aliphatic rings. The quantitative estimate of drug-likeness (QED) is 0.212. The van der Waals surface area contributed by atoms with Gasteiger partial charge in [-0.3, -0.25) is 4.68 Å². The van der Waals surface area contributed by atoms with Crippen molar-refractivity contribution in [3.8, 4) is 11.1 Å². The zero-order valence-electron chi connectivity index (χ0n) is 28.7. The number of carbonyl (C=O) groups excluding carboxylic acids is 1. The summed E-state index contributed by atoms with van der Waals surface area (Å²) in [6.07, 6.45) is 1.51. The zero-order chi connectivity index (χ0) is 37.5. The topological polar surface area (TPSA) is 128 Å². The number of hydrogen-bond acceptors (Lipinski definition) is 6. The van der Waals surface area contributed by atoms with Crippen molar-refractivity contribution >= 4 is 18.1 Å². The monoisotopic (exact) mass is 727 g/mol. The number of rotatable bonds is 9. The molecule has 0 unspecified atom stereocenters. The van der Waals surface area contributed by atoms with E-state index in [4.69, 9.17) is 15.0 Å². The molecule has 0 radical (unpaired) electrons. The fourth-order valence-corrected chi connectivity index (χ4v) is 6.80. The van der Waals surface area contributed by atoms with E-state index in [1.807, 2.05) is 18.7 Å². The third-order valence-corrected chi connectivity index (χ3v) is 9.34. The minimum absolute atomic E-state index is 0.0985. The van der Waals surface area contributed by atoms with Crippen molar-refractivity contribution in [2.75, 3.05) is 24.5 Å². The molecular weight excluding hydrogens is 684 g/mol. The van der Waals surface area contributed by atoms with Gasteiger partial charge in [0.05, 0.1) is 23.4 Å². The molecule has 0 bridgehead atoms. The first-order valence-corrected chi connectivity index (χ1v) is 16.8. The highest BCUT2D eigenvalue weighted by Gasteiger charge is 2.41. The minimum Gasteiger partial charge on any atom is -0.450 e. The second-order valence-corrected chi connectivity index (χ2v) is 12.9. The molecule has 11 nitrogen and oxygen atoms in total. The van der Waals surface area contributed by atoms with Crippen LogP contribution in [0.2, 0.25) is 0 Å². The summed E-state index contributed by atoms with van der Waals surface area (Å²) in [6.45, 7) is 5.04. The number of urea groups is 1. The normalized spacial score (nSPS) is 18.3. The van der Waals surface area contributed by atoms with E-state index in [-0.39, 0.29) is 42.7 Å². The molecule has 2 fully saturated rings. The molecule has 17 heteroatoms. The number of anilines is 1. The maximum Gasteiger partial charge on any atom is 0.503 e. The Morgan fingerprint density at radius 2 is 1.49 bits per heavy atom. The fraction of sp³-hybridized carbons (Fsp3) is 0.559. The lowest BCUT2D eigenvalue weighted by molar-refractivity contribution is -0.143. The number of benzene rings is 1. The first-order chi connectivity index (χ1) is 24.0. The second kappa shape index (κ2) is 16.6. The first kappa shape index (κ1) is 39.2. The molecule has 1 saturated heterocycles. The molecule has 1 aliphatic carbocycles. The summed E-state index contributed by atoms with van der Waals surface area (Å²) in [5.74, 6) is 0.588. The first-order valence-electron chi connectivity index (χ1n) is 16.8. The van der Waals surface area contributed by atoms with E-state index in [0.717, 1.165) is 43.4 Å². The van der Waals surface area contributed by atoms with E-state index in [1.165, 1.54) is 6.42 Å². The number of nitrogens with zero attached hydrogens (tertiary/aromatic N) is 7. The van der Waals surface area contributed by atoms with Crippen LogP contribution in [0.5, 0.6) is 0 Å². The Kier molecular flexibility index (Phi) is 12.8. The highest BCUT2D eigenvalue weighted by atomic mass is 19.4. The number of carbonyl (C=O) groups is 2. The fourth-order valence-electron chi connectivity index (χ4n) is 6.80. The Labute approximate surface area is 291 Å². The Morgan fingerprint density at radius 1 is 0.902 bits per heavy atom. The molecule has 5 rings (SSSR count). The average Bonchev–Trinajstić information content (AvgIpc) is 3.71. The third kappa shape index (κ3) is 10.5. The second-order valence-electron chi connectivity index (χ2n) is 12.9. The summed E-state index contributed by atoms with van der Waals surface area (Å²) in [6, 6.07) is 0.887. The summed E-state index contributed by atoms with van der Waals surface area (Å²) >= 11 is 0. The van der Waals surface area contributed by atoms with Gasteiger partial charge in [0.1, 0.15) is 0 Å². The molecule has 280 valence electrons. The summed E-state index contributed by atoms with van der Waals surface area (Å²) in [5.41, 5.74) is -1.55. The lowest BCUT2D eigenvalue weighted by atomic mass is 9.89. The lowest BCUT2D eigenvalue weighted by Crippen LogP contribution is -2.48. The predicted octanol–water partition coefficient (Wildman–Crippen LogP) is 8.02. The number of amides is 2. The smallest absolute Gasteiger partial charge is 0.450 e. The van der Waals surface area contributed by atoms with Crippen molar-refractivity contribution < 1.29 is 46.1 Å². The molecule has 1 saturated carbocycles. The SMILES string of the molecule is CC[C@@H]1C[C@H](N(Cc2cc(C(F)(F)F)cc(C(F)(F)F)c2)c2ncc(-c3cnn(C)c3)cn2)CN1C(=O)N(CC)CC1CCCCC1.O=C(O)O. The Morgan fingerprint density at radius 3 is 1.98 bits per heavy atom. The summed E-state index contributed by atoms with van der Waals surface area (Å²) in [5, 5.41) is 18.1. The number of hydrogen-bond donors (Lipinski definition) is 2. The van der Waals surface area contributed by atoms with Crippen LogP contribution in [0.15, 0.2) is 43.0 Å². The van der Waals surface area contributed by atoms with Crippen LogP contribution in [0, 0.1) is 5.92 Å². The molecule has 2 N–H and O–H groups in total. The number of carboxylic acid groups (broad SMARTS) is 2. The van der Waals surface area contributed by atoms with Crippen molar-refractivity contribution in [3.05, 3.63) is 59.7 Å². The van der Waals surface area contributed by atoms with Gasteiger partial charge in [-0.15, -0.1) is 0 Å². The molecule has 3 heterocycles. The van der Waals surface area contributed by atoms with Crippen molar-refractivity contribution in [2.24, 2.45) is 13.0 Å². The van der Waals surface area contributed by atoms with Crippen LogP contribution in [0.25, 0.3) is 11.1 Å². The Hall–Kier alpha value is -4.57. The van der Waals surface area contributed by atoms with Crippen LogP contribution in [0.3, 0.4) is 0 Å². The Bertz CT molecular complexity index is 1570. The van der Waals surface area contributed by atoms with Gasteiger partial charge in [-0.2, -0.15) is 31.4 Å². The third-order valence-electron chi connectivity index (χ3n) is 9.34. The van der Waals surface area contributed by atoms with Crippen molar-refractivity contribution in [1.82, 2.24) is 29.5 Å². The van der Waals surface area contributed by atoms with Gasteiger partial charge in [0.15, 0.2) is 0 Å². The lowest BCUT2D eigenvalue weighted by Gasteiger charge is -2.34. The maximum absolute atomic E-state index is 13.9. The molecule has 3 aromatic rings. The molecule has 2 amide bonds. The molecule has 2 aromatic heterocycles. The Balaban J connectivity index is 0.00000138. The molecule has 51 heavy (non-hydrogen) atoms. The van der Waals surface area contributed by atoms with E-state index in [9.17, 15) is 31.1 Å². The highest BCUT2D eigenvalue weighted by Crippen LogP contribution is 2.38. The van der Waals surface area contributed by atoms with Crippen molar-refractivity contribution in [3.63, 3.8) is 0 Å². The van der Waals surface area contributed by atoms with Gasteiger partial charge in [0.2, 0.25) is 5.95 Å². The summed E-state index contributed by atoms with van der Waals surface area (Å²) < 4.78 is 84.2. The largest absolute Gasteiger partial charge is 0.503 e. The van der Waals surface area contributed by atoms with E-state index < -0.39 is 35.7 Å². The number of alkyl halides is 6. The van der Waals surface area contributed by atoms with E-state index in [2.05, 4.69) is 15.1 Å². The zero-order valence-corrected chi connectivity index (χ0v) is 28.7. The number of likely N-dealkylation sites (tertiary alicyclic amines) is 1. The van der Waals surface area contributed by atoms with Gasteiger partial charge in [-0.25, -0.2) is 19.6 Å². The predicted molar refractivity (Wildman–Crippen MR) is 176 cm³/mol. The van der Waals surface area contributed by atoms with Crippen LogP contribution < -0.4 is 4.90 Å². The number of halogens is 6. The van der Waals surface area contributed by atoms with Crippen LogP contribution in [0.4, 0.5) is 41.9 Å². The van der Waals surface area contributed by atoms with Crippen LogP contribution in [-0.2, 0) is 25.9 Å². The van der Waals surface area contributed by atoms with Crippen LogP contribution in [-0.4, -0.2) is 83.7 Å². The van der Waals surface area contributed by atoms with E-state index in [0.29, 0.717) is 37.4 Å². The molecule has 2 atom stereocenters. The van der Waals surface area contributed by atoms with Gasteiger partial charge in [0.25, 0.3) is 0 Å². The van der Waals surface area contributed by atoms with Gasteiger partial charge < -0.3 is 24.9 Å². The van der Waals surface area contributed by atoms with Crippen LogP contribution >= 0.6 is 0 Å². The molecule has 1 aliphatic heterocycles. The van der Waals surface area contributed by atoms with E-state index >= 15 is 0 Å². The van der Waals surface area contributed by atoms with E-state index in [1.54, 1.807) is 46.3 Å². The van der Waals surface area contributed by atoms with Gasteiger partial charge in [0, 0.05) is 69.0 Å². The molecular formula is C34H43F6N7O4. The number of aryl methyl sites for hydroxylation is 1. The van der Waals surface area contributed by atoms with Gasteiger partial charge in [-0.1, -0.05) is 26.2 Å².